The van der Waals surface area contributed by atoms with Gasteiger partial charge in [-0.15, -0.1) is 0 Å². The van der Waals surface area contributed by atoms with Crippen LogP contribution in [0.2, 0.25) is 0 Å². The minimum atomic E-state index is 0.180. The predicted octanol–water partition coefficient (Wildman–Crippen LogP) is 2.06. The van der Waals surface area contributed by atoms with Crippen LogP contribution in [0.4, 0.5) is 5.82 Å². The molecule has 2 N–H and O–H groups in total. The van der Waals surface area contributed by atoms with Crippen LogP contribution in [0.15, 0.2) is 18.3 Å². The monoisotopic (exact) mass is 272 g/mol. The molecule has 0 spiro atoms. The molecule has 1 aliphatic rings. The second kappa shape index (κ2) is 7.49. The summed E-state index contributed by atoms with van der Waals surface area (Å²) in [4.78, 5) is 16.0. The van der Waals surface area contributed by atoms with Crippen molar-refractivity contribution in [1.82, 2.24) is 10.3 Å². The van der Waals surface area contributed by atoms with E-state index in [-0.39, 0.29) is 11.8 Å². The average Bonchev–Trinajstić information content (AvgIpc) is 2.53. The number of nitrogens with zero attached hydrogens (tertiary/aromatic N) is 2. The van der Waals surface area contributed by atoms with Gasteiger partial charge in [-0.3, -0.25) is 4.79 Å². The van der Waals surface area contributed by atoms with Gasteiger partial charge in [0.15, 0.2) is 0 Å². The van der Waals surface area contributed by atoms with Crippen molar-refractivity contribution in [2.24, 2.45) is 5.92 Å². The molecule has 1 fully saturated rings. The summed E-state index contributed by atoms with van der Waals surface area (Å²) in [6, 6.07) is 5.51. The fourth-order valence-corrected chi connectivity index (χ4v) is 2.45. The maximum Gasteiger partial charge on any atom is 0.223 e. The zero-order chi connectivity index (χ0) is 14.2. The summed E-state index contributed by atoms with van der Waals surface area (Å²) in [6.07, 6.45) is 7.18. The Labute approximate surface area is 119 Å². The molecule has 0 aromatic carbocycles. The number of pyridine rings is 1. The fourth-order valence-electron chi connectivity index (χ4n) is 2.45. The molecule has 1 saturated carbocycles. The molecule has 0 atom stereocenters. The van der Waals surface area contributed by atoms with Gasteiger partial charge in [-0.2, -0.15) is 5.26 Å². The van der Waals surface area contributed by atoms with Crippen molar-refractivity contribution in [3.63, 3.8) is 0 Å². The second-order valence-corrected chi connectivity index (χ2v) is 5.10. The normalized spacial score (nSPS) is 15.3. The summed E-state index contributed by atoms with van der Waals surface area (Å²) in [5.74, 6) is 1.10. The molecular formula is C15H20N4O. The number of carbonyl (C=O) groups excluding carboxylic acids is 1. The first-order valence-electron chi connectivity index (χ1n) is 7.17. The van der Waals surface area contributed by atoms with Gasteiger partial charge >= 0.3 is 0 Å². The molecule has 1 aliphatic carbocycles. The number of hydrogen-bond acceptors (Lipinski definition) is 4. The van der Waals surface area contributed by atoms with Gasteiger partial charge in [0.1, 0.15) is 11.9 Å². The Bertz CT molecular complexity index is 472. The fraction of sp³-hybridized carbons (Fsp3) is 0.533. The van der Waals surface area contributed by atoms with Gasteiger partial charge in [0, 0.05) is 25.2 Å². The lowest BCUT2D eigenvalue weighted by Gasteiger charge is -2.20. The Morgan fingerprint density at radius 2 is 2.10 bits per heavy atom. The highest BCUT2D eigenvalue weighted by Gasteiger charge is 2.20. The Balaban J connectivity index is 1.65. The molecule has 1 amide bonds. The smallest absolute Gasteiger partial charge is 0.223 e. The Morgan fingerprint density at radius 3 is 2.75 bits per heavy atom. The molecule has 0 radical (unpaired) electrons. The molecule has 0 aliphatic heterocycles. The van der Waals surface area contributed by atoms with E-state index in [1.54, 1.807) is 12.1 Å². The summed E-state index contributed by atoms with van der Waals surface area (Å²) < 4.78 is 0. The molecule has 0 bridgehead atoms. The van der Waals surface area contributed by atoms with E-state index in [0.29, 0.717) is 18.7 Å². The van der Waals surface area contributed by atoms with Crippen LogP contribution in [0.25, 0.3) is 0 Å². The summed E-state index contributed by atoms with van der Waals surface area (Å²) in [6.45, 7) is 1.23. The number of nitriles is 1. The summed E-state index contributed by atoms with van der Waals surface area (Å²) in [5.41, 5.74) is 0.543. The number of anilines is 1. The van der Waals surface area contributed by atoms with Crippen molar-refractivity contribution in [2.75, 3.05) is 18.4 Å². The molecule has 1 heterocycles. The van der Waals surface area contributed by atoms with Gasteiger partial charge in [-0.1, -0.05) is 19.3 Å². The van der Waals surface area contributed by atoms with Gasteiger partial charge in [-0.25, -0.2) is 4.98 Å². The largest absolute Gasteiger partial charge is 0.368 e. The third-order valence-electron chi connectivity index (χ3n) is 3.60. The highest BCUT2D eigenvalue weighted by atomic mass is 16.1. The van der Waals surface area contributed by atoms with Crippen LogP contribution in [-0.4, -0.2) is 24.0 Å². The van der Waals surface area contributed by atoms with Crippen molar-refractivity contribution in [2.45, 2.75) is 32.1 Å². The average molecular weight is 272 g/mol. The highest BCUT2D eigenvalue weighted by Crippen LogP contribution is 2.23. The van der Waals surface area contributed by atoms with Gasteiger partial charge < -0.3 is 10.6 Å². The third-order valence-corrected chi connectivity index (χ3v) is 3.60. The number of aromatic nitrogens is 1. The van der Waals surface area contributed by atoms with Gasteiger partial charge in [0.25, 0.3) is 0 Å². The van der Waals surface area contributed by atoms with Crippen LogP contribution in [0, 0.1) is 17.2 Å². The quantitative estimate of drug-likeness (QED) is 0.804. The lowest BCUT2D eigenvalue weighted by atomic mass is 9.89. The van der Waals surface area contributed by atoms with Gasteiger partial charge in [0.2, 0.25) is 5.91 Å². The Morgan fingerprint density at radius 1 is 1.30 bits per heavy atom. The maximum atomic E-state index is 11.9. The van der Waals surface area contributed by atoms with E-state index in [2.05, 4.69) is 15.6 Å². The molecule has 106 valence electrons. The summed E-state index contributed by atoms with van der Waals surface area (Å²) in [5, 5.41) is 14.8. The first-order valence-corrected chi connectivity index (χ1v) is 7.17. The lowest BCUT2D eigenvalue weighted by molar-refractivity contribution is -0.125. The van der Waals surface area contributed by atoms with E-state index in [4.69, 9.17) is 5.26 Å². The number of rotatable bonds is 5. The number of hydrogen-bond donors (Lipinski definition) is 2. The van der Waals surface area contributed by atoms with Crippen LogP contribution in [-0.2, 0) is 4.79 Å². The van der Waals surface area contributed by atoms with Crippen LogP contribution in [0.5, 0.6) is 0 Å². The van der Waals surface area contributed by atoms with Crippen LogP contribution >= 0.6 is 0 Å². The van der Waals surface area contributed by atoms with Gasteiger partial charge in [-0.05, 0) is 25.0 Å². The van der Waals surface area contributed by atoms with E-state index in [1.807, 2.05) is 6.07 Å². The molecule has 0 saturated heterocycles. The van der Waals surface area contributed by atoms with Crippen LogP contribution in [0.3, 0.4) is 0 Å². The van der Waals surface area contributed by atoms with Crippen LogP contribution < -0.4 is 10.6 Å². The second-order valence-electron chi connectivity index (χ2n) is 5.10. The first kappa shape index (κ1) is 14.3. The number of nitrogens with one attached hydrogen (secondary N) is 2. The number of amides is 1. The standard InChI is InChI=1S/C15H20N4O/c16-10-12-6-7-14(19-11-12)17-8-9-18-15(20)13-4-2-1-3-5-13/h6-7,11,13H,1-5,8-9H2,(H,17,19)(H,18,20). The maximum absolute atomic E-state index is 11.9. The lowest BCUT2D eigenvalue weighted by Crippen LogP contribution is -2.35. The minimum Gasteiger partial charge on any atom is -0.368 e. The van der Waals surface area contributed by atoms with Gasteiger partial charge in [0.05, 0.1) is 5.56 Å². The molecular weight excluding hydrogens is 252 g/mol. The molecule has 20 heavy (non-hydrogen) atoms. The molecule has 0 unspecified atom stereocenters. The zero-order valence-corrected chi connectivity index (χ0v) is 11.6. The Hall–Kier alpha value is -2.09. The highest BCUT2D eigenvalue weighted by molar-refractivity contribution is 5.78. The van der Waals surface area contributed by atoms with Crippen molar-refractivity contribution in [3.05, 3.63) is 23.9 Å². The molecule has 1 aromatic heterocycles. The van der Waals surface area contributed by atoms with Crippen molar-refractivity contribution in [1.29, 1.82) is 5.26 Å². The van der Waals surface area contributed by atoms with E-state index < -0.39 is 0 Å². The van der Waals surface area contributed by atoms with E-state index >= 15 is 0 Å². The molecule has 2 rings (SSSR count). The molecule has 1 aromatic rings. The van der Waals surface area contributed by atoms with E-state index in [0.717, 1.165) is 18.7 Å². The zero-order valence-electron chi connectivity index (χ0n) is 11.6. The first-order chi connectivity index (χ1) is 9.79. The minimum absolute atomic E-state index is 0.180. The molecule has 5 nitrogen and oxygen atoms in total. The van der Waals surface area contributed by atoms with Crippen molar-refractivity contribution >= 4 is 11.7 Å². The van der Waals surface area contributed by atoms with Crippen molar-refractivity contribution in [3.8, 4) is 6.07 Å². The van der Waals surface area contributed by atoms with Crippen molar-refractivity contribution < 1.29 is 4.79 Å². The summed E-state index contributed by atoms with van der Waals surface area (Å²) >= 11 is 0. The van der Waals surface area contributed by atoms with E-state index in [1.165, 1.54) is 25.5 Å². The number of carbonyl (C=O) groups is 1. The topological polar surface area (TPSA) is 77.8 Å². The predicted molar refractivity (Wildman–Crippen MR) is 77.0 cm³/mol. The SMILES string of the molecule is N#Cc1ccc(NCCNC(=O)C2CCCCC2)nc1. The third kappa shape index (κ3) is 4.23. The van der Waals surface area contributed by atoms with E-state index in [9.17, 15) is 4.79 Å². The summed E-state index contributed by atoms with van der Waals surface area (Å²) in [7, 11) is 0. The molecule has 5 heteroatoms. The Kier molecular flexibility index (Phi) is 5.36. The van der Waals surface area contributed by atoms with Crippen LogP contribution in [0.1, 0.15) is 37.7 Å².